The smallest absolute Gasteiger partial charge is 0.312 e. The predicted octanol–water partition coefficient (Wildman–Crippen LogP) is 1.96. The summed E-state index contributed by atoms with van der Waals surface area (Å²) in [5.41, 5.74) is 0.649. The summed E-state index contributed by atoms with van der Waals surface area (Å²) in [6.07, 6.45) is 1.78. The van der Waals surface area contributed by atoms with Gasteiger partial charge in [0, 0.05) is 19.2 Å². The first-order valence-corrected chi connectivity index (χ1v) is 8.89. The number of rotatable bonds is 6. The van der Waals surface area contributed by atoms with Crippen LogP contribution < -0.4 is 4.74 Å². The Balaban J connectivity index is 2.30. The zero-order valence-corrected chi connectivity index (χ0v) is 14.4. The molecule has 0 unspecified atom stereocenters. The molecule has 1 aliphatic heterocycles. The lowest BCUT2D eigenvalue weighted by Gasteiger charge is -2.26. The van der Waals surface area contributed by atoms with Gasteiger partial charge in [-0.05, 0) is 32.1 Å². The number of ether oxygens (including phenoxy) is 2. The van der Waals surface area contributed by atoms with E-state index in [4.69, 9.17) is 9.47 Å². The third-order valence-electron chi connectivity index (χ3n) is 3.47. The Kier molecular flexibility index (Phi) is 5.92. The van der Waals surface area contributed by atoms with Gasteiger partial charge in [-0.2, -0.15) is 4.31 Å². The van der Waals surface area contributed by atoms with Gasteiger partial charge >= 0.3 is 5.69 Å². The van der Waals surface area contributed by atoms with Crippen LogP contribution in [0.5, 0.6) is 5.75 Å². The largest absolute Gasteiger partial charge is 0.483 e. The van der Waals surface area contributed by atoms with Gasteiger partial charge in [0.1, 0.15) is 6.61 Å². The Bertz CT molecular complexity index is 734. The van der Waals surface area contributed by atoms with Crippen LogP contribution in [-0.2, 0) is 14.8 Å². The molecule has 0 saturated carbocycles. The van der Waals surface area contributed by atoms with Crippen LogP contribution in [-0.4, -0.2) is 50.6 Å². The van der Waals surface area contributed by atoms with Gasteiger partial charge in [-0.15, -0.1) is 0 Å². The fraction of sp³-hybridized carbons (Fsp3) is 0.467. The van der Waals surface area contributed by atoms with E-state index in [0.29, 0.717) is 13.2 Å². The molecule has 0 radical (unpaired) electrons. The van der Waals surface area contributed by atoms with E-state index in [-0.39, 0.29) is 36.0 Å². The lowest BCUT2D eigenvalue weighted by Crippen LogP contribution is -2.40. The standard InChI is InChI=1S/C15H20N2O6S/c1-12(2)5-8-23-15-4-3-13(11-14(15)17(18)19)24(20,21)16-6-9-22-10-7-16/h3-5,11H,6-10H2,1-2H3. The van der Waals surface area contributed by atoms with Crippen molar-refractivity contribution in [3.8, 4) is 5.75 Å². The second kappa shape index (κ2) is 7.73. The van der Waals surface area contributed by atoms with Gasteiger partial charge in [0.15, 0.2) is 5.75 Å². The van der Waals surface area contributed by atoms with E-state index < -0.39 is 14.9 Å². The van der Waals surface area contributed by atoms with E-state index in [0.717, 1.165) is 11.6 Å². The lowest BCUT2D eigenvalue weighted by molar-refractivity contribution is -0.386. The number of hydrogen-bond acceptors (Lipinski definition) is 6. The molecular formula is C15H20N2O6S. The Labute approximate surface area is 140 Å². The summed E-state index contributed by atoms with van der Waals surface area (Å²) >= 11 is 0. The first-order valence-electron chi connectivity index (χ1n) is 7.45. The minimum atomic E-state index is -3.79. The molecule has 0 amide bonds. The van der Waals surface area contributed by atoms with Gasteiger partial charge in [-0.25, -0.2) is 8.42 Å². The van der Waals surface area contributed by atoms with Crippen LogP contribution in [0.3, 0.4) is 0 Å². The Morgan fingerprint density at radius 2 is 2.04 bits per heavy atom. The van der Waals surface area contributed by atoms with E-state index in [1.54, 1.807) is 6.08 Å². The molecular weight excluding hydrogens is 336 g/mol. The number of nitro benzene ring substituents is 1. The zero-order valence-electron chi connectivity index (χ0n) is 13.6. The van der Waals surface area contributed by atoms with E-state index in [1.807, 2.05) is 13.8 Å². The molecule has 0 aromatic heterocycles. The molecule has 8 nitrogen and oxygen atoms in total. The van der Waals surface area contributed by atoms with E-state index >= 15 is 0 Å². The van der Waals surface area contributed by atoms with E-state index in [1.165, 1.54) is 16.4 Å². The van der Waals surface area contributed by atoms with Crippen molar-refractivity contribution in [1.29, 1.82) is 0 Å². The van der Waals surface area contributed by atoms with Gasteiger partial charge in [0.2, 0.25) is 10.0 Å². The van der Waals surface area contributed by atoms with Crippen LogP contribution >= 0.6 is 0 Å². The number of hydrogen-bond donors (Lipinski definition) is 0. The number of nitrogens with zero attached hydrogens (tertiary/aromatic N) is 2. The molecule has 0 spiro atoms. The van der Waals surface area contributed by atoms with Gasteiger partial charge in [-0.3, -0.25) is 10.1 Å². The first kappa shape index (κ1) is 18.4. The SMILES string of the molecule is CC(C)=CCOc1ccc(S(=O)(=O)N2CCOCC2)cc1[N+](=O)[O-]. The number of nitro groups is 1. The topological polar surface area (TPSA) is 99.0 Å². The number of morpholine rings is 1. The molecule has 1 saturated heterocycles. The molecule has 24 heavy (non-hydrogen) atoms. The van der Waals surface area contributed by atoms with Crippen molar-refractivity contribution in [1.82, 2.24) is 4.31 Å². The summed E-state index contributed by atoms with van der Waals surface area (Å²) in [4.78, 5) is 10.5. The maximum atomic E-state index is 12.6. The Morgan fingerprint density at radius 1 is 1.38 bits per heavy atom. The van der Waals surface area contributed by atoms with E-state index in [9.17, 15) is 18.5 Å². The quantitative estimate of drug-likeness (QED) is 0.439. The van der Waals surface area contributed by atoms with Gasteiger partial charge in [-0.1, -0.05) is 5.57 Å². The molecule has 0 atom stereocenters. The van der Waals surface area contributed by atoms with Crippen molar-refractivity contribution < 1.29 is 22.8 Å². The lowest BCUT2D eigenvalue weighted by atomic mass is 10.3. The molecule has 1 heterocycles. The number of sulfonamides is 1. The van der Waals surface area contributed by atoms with Gasteiger partial charge < -0.3 is 9.47 Å². The van der Waals surface area contributed by atoms with Crippen molar-refractivity contribution in [3.05, 3.63) is 40.0 Å². The zero-order chi connectivity index (χ0) is 17.7. The van der Waals surface area contributed by atoms with Crippen LogP contribution in [0.2, 0.25) is 0 Å². The highest BCUT2D eigenvalue weighted by Gasteiger charge is 2.29. The minimum Gasteiger partial charge on any atom is -0.483 e. The summed E-state index contributed by atoms with van der Waals surface area (Å²) in [7, 11) is -3.79. The molecule has 2 rings (SSSR count). The van der Waals surface area contributed by atoms with Crippen molar-refractivity contribution >= 4 is 15.7 Å². The maximum Gasteiger partial charge on any atom is 0.312 e. The van der Waals surface area contributed by atoms with Crippen LogP contribution in [0.25, 0.3) is 0 Å². The average Bonchev–Trinajstić information content (AvgIpc) is 2.55. The Hall–Kier alpha value is -1.97. The fourth-order valence-corrected chi connectivity index (χ4v) is 3.59. The second-order valence-electron chi connectivity index (χ2n) is 5.50. The molecule has 9 heteroatoms. The molecule has 132 valence electrons. The van der Waals surface area contributed by atoms with Crippen molar-refractivity contribution in [2.45, 2.75) is 18.7 Å². The summed E-state index contributed by atoms with van der Waals surface area (Å²) in [6, 6.07) is 3.70. The van der Waals surface area contributed by atoms with Crippen molar-refractivity contribution in [2.24, 2.45) is 0 Å². The van der Waals surface area contributed by atoms with Crippen LogP contribution in [0, 0.1) is 10.1 Å². The van der Waals surface area contributed by atoms with Crippen LogP contribution in [0.4, 0.5) is 5.69 Å². The third kappa shape index (κ3) is 4.31. The van der Waals surface area contributed by atoms with E-state index in [2.05, 4.69) is 0 Å². The van der Waals surface area contributed by atoms with Crippen molar-refractivity contribution in [2.75, 3.05) is 32.9 Å². The Morgan fingerprint density at radius 3 is 2.62 bits per heavy atom. The monoisotopic (exact) mass is 356 g/mol. The molecule has 0 bridgehead atoms. The third-order valence-corrected chi connectivity index (χ3v) is 5.36. The first-order chi connectivity index (χ1) is 11.3. The van der Waals surface area contributed by atoms with Crippen molar-refractivity contribution in [3.63, 3.8) is 0 Å². The normalized spacial score (nSPS) is 15.8. The summed E-state index contributed by atoms with van der Waals surface area (Å²) < 4.78 is 36.9. The molecule has 1 aromatic carbocycles. The highest BCUT2D eigenvalue weighted by molar-refractivity contribution is 7.89. The molecule has 1 fully saturated rings. The highest BCUT2D eigenvalue weighted by atomic mass is 32.2. The maximum absolute atomic E-state index is 12.6. The fourth-order valence-electron chi connectivity index (χ4n) is 2.16. The molecule has 0 N–H and O–H groups in total. The summed E-state index contributed by atoms with van der Waals surface area (Å²) in [5, 5.41) is 11.3. The minimum absolute atomic E-state index is 0.0402. The van der Waals surface area contributed by atoms with Crippen LogP contribution in [0.15, 0.2) is 34.7 Å². The highest BCUT2D eigenvalue weighted by Crippen LogP contribution is 2.31. The average molecular weight is 356 g/mol. The van der Waals surface area contributed by atoms with Gasteiger partial charge in [0.25, 0.3) is 0 Å². The summed E-state index contributed by atoms with van der Waals surface area (Å²) in [5.74, 6) is 0.0402. The second-order valence-corrected chi connectivity index (χ2v) is 7.43. The molecule has 1 aliphatic rings. The molecule has 1 aromatic rings. The van der Waals surface area contributed by atoms with Crippen LogP contribution in [0.1, 0.15) is 13.8 Å². The predicted molar refractivity (Wildman–Crippen MR) is 87.6 cm³/mol. The summed E-state index contributed by atoms with van der Waals surface area (Å²) in [6.45, 7) is 5.03. The number of allylic oxidation sites excluding steroid dienone is 1. The number of benzene rings is 1. The molecule has 0 aliphatic carbocycles. The van der Waals surface area contributed by atoms with Gasteiger partial charge in [0.05, 0.1) is 23.0 Å².